The highest BCUT2D eigenvalue weighted by atomic mass is 16.1. The largest absolute Gasteiger partial charge is 0.398 e. The van der Waals surface area contributed by atoms with E-state index in [2.05, 4.69) is 12.2 Å². The first-order valence-corrected chi connectivity index (χ1v) is 6.79. The van der Waals surface area contributed by atoms with E-state index in [-0.39, 0.29) is 5.91 Å². The summed E-state index contributed by atoms with van der Waals surface area (Å²) < 4.78 is 0. The van der Waals surface area contributed by atoms with Gasteiger partial charge in [-0.05, 0) is 30.4 Å². The zero-order chi connectivity index (χ0) is 13.0. The fourth-order valence-electron chi connectivity index (χ4n) is 2.66. The number of nitrogens with two attached hydrogens (primary N) is 1. The maximum atomic E-state index is 12.0. The van der Waals surface area contributed by atoms with Gasteiger partial charge in [0.15, 0.2) is 0 Å². The van der Waals surface area contributed by atoms with Crippen LogP contribution in [0.15, 0.2) is 24.3 Å². The highest BCUT2D eigenvalue weighted by molar-refractivity contribution is 5.80. The fraction of sp³-hybridized carbons (Fsp3) is 0.533. The Bertz CT molecular complexity index is 417. The molecule has 98 valence electrons. The molecule has 3 nitrogen and oxygen atoms in total. The smallest absolute Gasteiger partial charge is 0.224 e. The van der Waals surface area contributed by atoms with Crippen molar-refractivity contribution >= 4 is 11.6 Å². The van der Waals surface area contributed by atoms with E-state index in [4.69, 9.17) is 5.73 Å². The van der Waals surface area contributed by atoms with Gasteiger partial charge in [-0.15, -0.1) is 0 Å². The molecular weight excluding hydrogens is 224 g/mol. The number of carbonyl (C=O) groups excluding carboxylic acids is 1. The Balaban J connectivity index is 1.90. The molecule has 3 N–H and O–H groups in total. The van der Waals surface area contributed by atoms with Gasteiger partial charge in [0.25, 0.3) is 0 Å². The van der Waals surface area contributed by atoms with Gasteiger partial charge in [0, 0.05) is 11.7 Å². The molecule has 18 heavy (non-hydrogen) atoms. The number of para-hydroxylation sites is 1. The maximum Gasteiger partial charge on any atom is 0.224 e. The Labute approximate surface area is 109 Å². The van der Waals surface area contributed by atoms with Crippen molar-refractivity contribution in [2.75, 3.05) is 5.73 Å². The summed E-state index contributed by atoms with van der Waals surface area (Å²) >= 11 is 0. The van der Waals surface area contributed by atoms with Crippen LogP contribution < -0.4 is 11.1 Å². The predicted molar refractivity (Wildman–Crippen MR) is 74.1 cm³/mol. The molecule has 0 aliphatic heterocycles. The Morgan fingerprint density at radius 2 is 2.06 bits per heavy atom. The van der Waals surface area contributed by atoms with Gasteiger partial charge in [-0.2, -0.15) is 0 Å². The molecule has 1 aliphatic rings. The minimum atomic E-state index is 0.0895. The lowest BCUT2D eigenvalue weighted by molar-refractivity contribution is -0.121. The number of rotatable bonds is 3. The van der Waals surface area contributed by atoms with Crippen LogP contribution in [-0.2, 0) is 11.2 Å². The van der Waals surface area contributed by atoms with E-state index in [1.165, 1.54) is 19.3 Å². The van der Waals surface area contributed by atoms with Crippen LogP contribution in [0.3, 0.4) is 0 Å². The lowest BCUT2D eigenvalue weighted by atomic mass is 9.86. The SMILES string of the molecule is CC1CCCCC1NC(=O)Cc1ccccc1N. The molecule has 0 saturated heterocycles. The molecule has 0 aromatic heterocycles. The van der Waals surface area contributed by atoms with Crippen molar-refractivity contribution in [1.82, 2.24) is 5.32 Å². The molecule has 0 heterocycles. The number of carbonyl (C=O) groups is 1. The van der Waals surface area contributed by atoms with Crippen molar-refractivity contribution in [3.8, 4) is 0 Å². The van der Waals surface area contributed by atoms with Crippen LogP contribution in [0.4, 0.5) is 5.69 Å². The van der Waals surface area contributed by atoms with E-state index < -0.39 is 0 Å². The Morgan fingerprint density at radius 1 is 1.33 bits per heavy atom. The summed E-state index contributed by atoms with van der Waals surface area (Å²) in [5.41, 5.74) is 7.46. The number of hydrogen-bond acceptors (Lipinski definition) is 2. The van der Waals surface area contributed by atoms with Crippen molar-refractivity contribution in [2.24, 2.45) is 5.92 Å². The molecule has 2 rings (SSSR count). The summed E-state index contributed by atoms with van der Waals surface area (Å²) in [6.07, 6.45) is 5.23. The van der Waals surface area contributed by atoms with Crippen LogP contribution in [0.1, 0.15) is 38.2 Å². The second kappa shape index (κ2) is 5.89. The summed E-state index contributed by atoms with van der Waals surface area (Å²) in [6.45, 7) is 2.22. The molecule has 0 bridgehead atoms. The molecule has 2 unspecified atom stereocenters. The number of benzene rings is 1. The molecule has 1 saturated carbocycles. The van der Waals surface area contributed by atoms with Crippen LogP contribution in [0.25, 0.3) is 0 Å². The molecule has 0 spiro atoms. The number of nitrogen functional groups attached to an aromatic ring is 1. The number of hydrogen-bond donors (Lipinski definition) is 2. The molecule has 3 heteroatoms. The molecule has 0 radical (unpaired) electrons. The standard InChI is InChI=1S/C15H22N2O/c1-11-6-2-5-9-14(11)17-15(18)10-12-7-3-4-8-13(12)16/h3-4,7-8,11,14H,2,5-6,9-10,16H2,1H3,(H,17,18). The van der Waals surface area contributed by atoms with Crippen molar-refractivity contribution in [3.05, 3.63) is 29.8 Å². The topological polar surface area (TPSA) is 55.1 Å². The van der Waals surface area contributed by atoms with Gasteiger partial charge in [-0.25, -0.2) is 0 Å². The lowest BCUT2D eigenvalue weighted by Crippen LogP contribution is -2.41. The molecule has 1 aliphatic carbocycles. The van der Waals surface area contributed by atoms with Gasteiger partial charge in [0.05, 0.1) is 6.42 Å². The van der Waals surface area contributed by atoms with E-state index in [0.29, 0.717) is 24.1 Å². The van der Waals surface area contributed by atoms with Crippen LogP contribution in [-0.4, -0.2) is 11.9 Å². The Kier molecular flexibility index (Phi) is 4.24. The first-order valence-electron chi connectivity index (χ1n) is 6.79. The van der Waals surface area contributed by atoms with E-state index in [1.807, 2.05) is 24.3 Å². The first-order chi connectivity index (χ1) is 8.66. The molecule has 1 aromatic rings. The average molecular weight is 246 g/mol. The highest BCUT2D eigenvalue weighted by Crippen LogP contribution is 2.23. The molecule has 2 atom stereocenters. The van der Waals surface area contributed by atoms with E-state index in [1.54, 1.807) is 0 Å². The number of anilines is 1. The number of nitrogens with one attached hydrogen (secondary N) is 1. The summed E-state index contributed by atoms with van der Waals surface area (Å²) in [5.74, 6) is 0.683. The van der Waals surface area contributed by atoms with Gasteiger partial charge >= 0.3 is 0 Å². The fourth-order valence-corrected chi connectivity index (χ4v) is 2.66. The second-order valence-electron chi connectivity index (χ2n) is 5.31. The third-order valence-electron chi connectivity index (χ3n) is 3.86. The van der Waals surface area contributed by atoms with E-state index in [0.717, 1.165) is 12.0 Å². The van der Waals surface area contributed by atoms with Gasteiger partial charge in [0.2, 0.25) is 5.91 Å². The maximum absolute atomic E-state index is 12.0. The minimum Gasteiger partial charge on any atom is -0.398 e. The van der Waals surface area contributed by atoms with E-state index >= 15 is 0 Å². The van der Waals surface area contributed by atoms with Crippen LogP contribution in [0, 0.1) is 5.92 Å². The molecule has 1 amide bonds. The second-order valence-corrected chi connectivity index (χ2v) is 5.31. The van der Waals surface area contributed by atoms with Gasteiger partial charge in [-0.1, -0.05) is 38.0 Å². The summed E-state index contributed by atoms with van der Waals surface area (Å²) in [6, 6.07) is 7.91. The van der Waals surface area contributed by atoms with Crippen molar-refractivity contribution in [2.45, 2.75) is 45.1 Å². The van der Waals surface area contributed by atoms with Crippen molar-refractivity contribution in [3.63, 3.8) is 0 Å². The van der Waals surface area contributed by atoms with Gasteiger partial charge in [0.1, 0.15) is 0 Å². The molecular formula is C15H22N2O. The third kappa shape index (κ3) is 3.25. The Hall–Kier alpha value is -1.51. The zero-order valence-electron chi connectivity index (χ0n) is 11.0. The predicted octanol–water partition coefficient (Wildman–Crippen LogP) is 2.51. The Morgan fingerprint density at radius 3 is 2.78 bits per heavy atom. The van der Waals surface area contributed by atoms with Crippen LogP contribution >= 0.6 is 0 Å². The van der Waals surface area contributed by atoms with E-state index in [9.17, 15) is 4.79 Å². The lowest BCUT2D eigenvalue weighted by Gasteiger charge is -2.29. The summed E-state index contributed by atoms with van der Waals surface area (Å²) in [5, 5.41) is 3.15. The summed E-state index contributed by atoms with van der Waals surface area (Å²) in [7, 11) is 0. The average Bonchev–Trinajstić information content (AvgIpc) is 2.35. The molecule has 1 aromatic carbocycles. The minimum absolute atomic E-state index is 0.0895. The van der Waals surface area contributed by atoms with Gasteiger partial charge in [-0.3, -0.25) is 4.79 Å². The normalized spacial score (nSPS) is 23.6. The van der Waals surface area contributed by atoms with Crippen molar-refractivity contribution < 1.29 is 4.79 Å². The van der Waals surface area contributed by atoms with Crippen molar-refractivity contribution in [1.29, 1.82) is 0 Å². The van der Waals surface area contributed by atoms with Gasteiger partial charge < -0.3 is 11.1 Å². The third-order valence-corrected chi connectivity index (χ3v) is 3.86. The zero-order valence-corrected chi connectivity index (χ0v) is 11.0. The summed E-state index contributed by atoms with van der Waals surface area (Å²) in [4.78, 5) is 12.0. The van der Waals surface area contributed by atoms with Crippen LogP contribution in [0.2, 0.25) is 0 Å². The molecule has 1 fully saturated rings. The van der Waals surface area contributed by atoms with Crippen LogP contribution in [0.5, 0.6) is 0 Å². The number of amides is 1. The highest BCUT2D eigenvalue weighted by Gasteiger charge is 2.22. The quantitative estimate of drug-likeness (QED) is 0.805. The first kappa shape index (κ1) is 12.9. The monoisotopic (exact) mass is 246 g/mol.